The fourth-order valence-electron chi connectivity index (χ4n) is 1.18. The first kappa shape index (κ1) is 17.1. The molecule has 0 fully saturated rings. The minimum absolute atomic E-state index is 0.758. The second-order valence-corrected chi connectivity index (χ2v) is 4.08. The molecule has 0 radical (unpaired) electrons. The molecule has 0 bridgehead atoms. The van der Waals surface area contributed by atoms with E-state index in [4.69, 9.17) is 0 Å². The van der Waals surface area contributed by atoms with Gasteiger partial charge in [0, 0.05) is 6.42 Å². The molecule has 1 nitrogen and oxygen atoms in total. The molecule has 0 amide bonds. The van der Waals surface area contributed by atoms with Crippen LogP contribution < -0.4 is 0 Å². The van der Waals surface area contributed by atoms with E-state index in [0.717, 1.165) is 19.1 Å². The number of rotatable bonds is 9. The van der Waals surface area contributed by atoms with Crippen molar-refractivity contribution in [3.63, 3.8) is 0 Å². The van der Waals surface area contributed by atoms with Crippen molar-refractivity contribution < 1.29 is 4.79 Å². The van der Waals surface area contributed by atoms with E-state index in [1.54, 1.807) is 0 Å². The summed E-state index contributed by atoms with van der Waals surface area (Å²) < 4.78 is 0. The standard InChI is InChI=1S/C10H20O.C4H10/c1-2-3-4-5-6-7-8-9-10-11;1-3-4-2/h10H,2-9H2,1H3;3-4H2,1-2H3. The van der Waals surface area contributed by atoms with Crippen LogP contribution in [-0.4, -0.2) is 6.29 Å². The maximum Gasteiger partial charge on any atom is 0.119 e. The zero-order chi connectivity index (χ0) is 11.8. The maximum atomic E-state index is 9.94. The van der Waals surface area contributed by atoms with Crippen LogP contribution in [0.3, 0.4) is 0 Å². The van der Waals surface area contributed by atoms with E-state index in [1.807, 2.05) is 0 Å². The minimum Gasteiger partial charge on any atom is -0.303 e. The van der Waals surface area contributed by atoms with E-state index in [0.29, 0.717) is 0 Å². The molecule has 15 heavy (non-hydrogen) atoms. The lowest BCUT2D eigenvalue weighted by Gasteiger charge is -1.97. The molecular formula is C14H30O. The summed E-state index contributed by atoms with van der Waals surface area (Å²) in [4.78, 5) is 9.94. The zero-order valence-corrected chi connectivity index (χ0v) is 11.1. The molecule has 0 rings (SSSR count). The molecule has 0 aromatic rings. The number of hydrogen-bond acceptors (Lipinski definition) is 1. The third-order valence-electron chi connectivity index (χ3n) is 2.43. The summed E-state index contributed by atoms with van der Waals surface area (Å²) in [6.07, 6.45) is 13.5. The summed E-state index contributed by atoms with van der Waals surface area (Å²) in [6.45, 7) is 6.59. The van der Waals surface area contributed by atoms with Crippen LogP contribution in [0.2, 0.25) is 0 Å². The molecule has 0 saturated carbocycles. The maximum absolute atomic E-state index is 9.94. The lowest BCUT2D eigenvalue weighted by Crippen LogP contribution is -1.80. The molecule has 1 heteroatoms. The Labute approximate surface area is 96.7 Å². The number of carbonyl (C=O) groups is 1. The highest BCUT2D eigenvalue weighted by Gasteiger charge is 1.89. The highest BCUT2D eigenvalue weighted by atomic mass is 16.1. The Balaban J connectivity index is 0. The Hall–Kier alpha value is -0.330. The van der Waals surface area contributed by atoms with Crippen molar-refractivity contribution in [2.45, 2.75) is 85.0 Å². The summed E-state index contributed by atoms with van der Waals surface area (Å²) in [5, 5.41) is 0. The van der Waals surface area contributed by atoms with Crippen molar-refractivity contribution in [2.75, 3.05) is 0 Å². The van der Waals surface area contributed by atoms with E-state index in [2.05, 4.69) is 20.8 Å². The summed E-state index contributed by atoms with van der Waals surface area (Å²) >= 11 is 0. The van der Waals surface area contributed by atoms with Crippen molar-refractivity contribution in [3.8, 4) is 0 Å². The van der Waals surface area contributed by atoms with Gasteiger partial charge >= 0.3 is 0 Å². The molecule has 0 saturated heterocycles. The Bertz CT molecular complexity index is 97.5. The van der Waals surface area contributed by atoms with Crippen LogP contribution in [0.5, 0.6) is 0 Å². The van der Waals surface area contributed by atoms with Crippen molar-refractivity contribution >= 4 is 6.29 Å². The van der Waals surface area contributed by atoms with Gasteiger partial charge in [-0.05, 0) is 6.42 Å². The molecule has 0 aromatic carbocycles. The smallest absolute Gasteiger partial charge is 0.119 e. The predicted octanol–water partition coefficient (Wildman–Crippen LogP) is 5.13. The molecule has 92 valence electrons. The number of carbonyl (C=O) groups excluding carboxylic acids is 1. The SMILES string of the molecule is CCCC.CCCCCCCCCC=O. The van der Waals surface area contributed by atoms with E-state index in [1.165, 1.54) is 51.4 Å². The molecule has 0 spiro atoms. The average molecular weight is 214 g/mol. The summed E-state index contributed by atoms with van der Waals surface area (Å²) in [7, 11) is 0. The Kier molecular flexibility index (Phi) is 21.9. The second-order valence-electron chi connectivity index (χ2n) is 4.08. The zero-order valence-electron chi connectivity index (χ0n) is 11.1. The molecule has 0 aliphatic heterocycles. The fraction of sp³-hybridized carbons (Fsp3) is 0.929. The van der Waals surface area contributed by atoms with Crippen LogP contribution in [0.15, 0.2) is 0 Å². The van der Waals surface area contributed by atoms with Gasteiger partial charge in [0.25, 0.3) is 0 Å². The summed E-state index contributed by atoms with van der Waals surface area (Å²) in [5.41, 5.74) is 0. The molecule has 0 aromatic heterocycles. The lowest BCUT2D eigenvalue weighted by molar-refractivity contribution is -0.107. The van der Waals surface area contributed by atoms with Gasteiger partial charge in [0.1, 0.15) is 6.29 Å². The fourth-order valence-corrected chi connectivity index (χ4v) is 1.18. The van der Waals surface area contributed by atoms with Crippen LogP contribution in [-0.2, 0) is 4.79 Å². The van der Waals surface area contributed by atoms with E-state index >= 15 is 0 Å². The van der Waals surface area contributed by atoms with Gasteiger partial charge in [-0.25, -0.2) is 0 Å². The first-order chi connectivity index (χ1) is 7.33. The lowest BCUT2D eigenvalue weighted by atomic mass is 10.1. The van der Waals surface area contributed by atoms with Crippen LogP contribution in [0, 0.1) is 0 Å². The number of unbranched alkanes of at least 4 members (excludes halogenated alkanes) is 8. The third-order valence-corrected chi connectivity index (χ3v) is 2.43. The van der Waals surface area contributed by atoms with Gasteiger partial charge in [-0.2, -0.15) is 0 Å². The van der Waals surface area contributed by atoms with Crippen LogP contribution in [0.1, 0.15) is 85.0 Å². The van der Waals surface area contributed by atoms with Crippen LogP contribution in [0.4, 0.5) is 0 Å². The van der Waals surface area contributed by atoms with E-state index < -0.39 is 0 Å². The topological polar surface area (TPSA) is 17.1 Å². The van der Waals surface area contributed by atoms with Gasteiger partial charge in [0.2, 0.25) is 0 Å². The van der Waals surface area contributed by atoms with Crippen molar-refractivity contribution in [1.29, 1.82) is 0 Å². The Morgan fingerprint density at radius 3 is 1.53 bits per heavy atom. The first-order valence-corrected chi connectivity index (χ1v) is 6.77. The Morgan fingerprint density at radius 2 is 1.13 bits per heavy atom. The van der Waals surface area contributed by atoms with Crippen LogP contribution >= 0.6 is 0 Å². The molecule has 0 aliphatic rings. The number of aldehydes is 1. The van der Waals surface area contributed by atoms with E-state index in [9.17, 15) is 4.79 Å². The highest BCUT2D eigenvalue weighted by Crippen LogP contribution is 2.07. The molecule has 0 aliphatic carbocycles. The van der Waals surface area contributed by atoms with Gasteiger partial charge in [-0.15, -0.1) is 0 Å². The van der Waals surface area contributed by atoms with Gasteiger partial charge in [-0.3, -0.25) is 0 Å². The largest absolute Gasteiger partial charge is 0.303 e. The summed E-state index contributed by atoms with van der Waals surface area (Å²) in [6, 6.07) is 0. The van der Waals surface area contributed by atoms with Crippen LogP contribution in [0.25, 0.3) is 0 Å². The molecular weight excluding hydrogens is 184 g/mol. The Morgan fingerprint density at radius 1 is 0.667 bits per heavy atom. The molecule has 0 unspecified atom stereocenters. The summed E-state index contributed by atoms with van der Waals surface area (Å²) in [5.74, 6) is 0. The van der Waals surface area contributed by atoms with Gasteiger partial charge in [0.15, 0.2) is 0 Å². The number of hydrogen-bond donors (Lipinski definition) is 0. The average Bonchev–Trinajstić information content (AvgIpc) is 2.28. The van der Waals surface area contributed by atoms with Crippen molar-refractivity contribution in [2.24, 2.45) is 0 Å². The molecule has 0 atom stereocenters. The predicted molar refractivity (Wildman–Crippen MR) is 69.3 cm³/mol. The second kappa shape index (κ2) is 19.3. The normalized spacial score (nSPS) is 9.27. The van der Waals surface area contributed by atoms with Crippen molar-refractivity contribution in [3.05, 3.63) is 0 Å². The minimum atomic E-state index is 0.758. The van der Waals surface area contributed by atoms with E-state index in [-0.39, 0.29) is 0 Å². The monoisotopic (exact) mass is 214 g/mol. The highest BCUT2D eigenvalue weighted by molar-refractivity contribution is 5.48. The van der Waals surface area contributed by atoms with Gasteiger partial charge in [0.05, 0.1) is 0 Å². The first-order valence-electron chi connectivity index (χ1n) is 6.77. The van der Waals surface area contributed by atoms with Gasteiger partial charge in [-0.1, -0.05) is 72.1 Å². The third kappa shape index (κ3) is 24.8. The molecule has 0 N–H and O–H groups in total. The quantitative estimate of drug-likeness (QED) is 0.384. The molecule has 0 heterocycles. The van der Waals surface area contributed by atoms with Gasteiger partial charge < -0.3 is 4.79 Å². The van der Waals surface area contributed by atoms with Crippen molar-refractivity contribution in [1.82, 2.24) is 0 Å².